The van der Waals surface area contributed by atoms with E-state index in [1.165, 1.54) is 12.4 Å². The molecule has 3 rings (SSSR count). The van der Waals surface area contributed by atoms with Gasteiger partial charge in [-0.05, 0) is 18.2 Å². The van der Waals surface area contributed by atoms with Crippen molar-refractivity contribution in [1.29, 1.82) is 0 Å². The Morgan fingerprint density at radius 2 is 1.87 bits per heavy atom. The quantitative estimate of drug-likeness (QED) is 0.292. The number of halogens is 2. The van der Waals surface area contributed by atoms with Crippen molar-refractivity contribution in [1.82, 2.24) is 25.0 Å². The molecule has 0 saturated carbocycles. The van der Waals surface area contributed by atoms with Gasteiger partial charge in [-0.3, -0.25) is 10.0 Å². The number of nitrogens with one attached hydrogen (secondary N) is 1. The highest BCUT2D eigenvalue weighted by Crippen LogP contribution is 2.23. The zero-order valence-corrected chi connectivity index (χ0v) is 18.2. The van der Waals surface area contributed by atoms with Gasteiger partial charge in [-0.15, -0.1) is 23.2 Å². The molecule has 0 saturated heterocycles. The Hall–Kier alpha value is -2.62. The normalized spacial score (nSPS) is 11.0. The number of benzene rings is 1. The van der Waals surface area contributed by atoms with E-state index in [-0.39, 0.29) is 5.56 Å². The van der Waals surface area contributed by atoms with E-state index < -0.39 is 5.91 Å². The number of fused-ring (bicyclic) bond motifs is 1. The van der Waals surface area contributed by atoms with Gasteiger partial charge < -0.3 is 14.4 Å². The van der Waals surface area contributed by atoms with E-state index in [0.717, 1.165) is 22.5 Å². The Balaban J connectivity index is 1.82. The lowest BCUT2D eigenvalue weighted by Crippen LogP contribution is -2.27. The van der Waals surface area contributed by atoms with Gasteiger partial charge in [0.25, 0.3) is 5.91 Å². The minimum Gasteiger partial charge on any atom is -0.369 e. The van der Waals surface area contributed by atoms with Crippen LogP contribution in [-0.4, -0.2) is 62.5 Å². The molecule has 1 aromatic carbocycles. The van der Waals surface area contributed by atoms with Crippen molar-refractivity contribution < 1.29 is 10.0 Å². The van der Waals surface area contributed by atoms with Gasteiger partial charge in [0.15, 0.2) is 0 Å². The fourth-order valence-electron chi connectivity index (χ4n) is 3.13. The first-order chi connectivity index (χ1) is 14.5. The van der Waals surface area contributed by atoms with Crippen molar-refractivity contribution in [2.45, 2.75) is 6.54 Å². The minimum absolute atomic E-state index is 0.170. The lowest BCUT2D eigenvalue weighted by molar-refractivity contribution is 0.0705. The zero-order chi connectivity index (χ0) is 21.7. The summed E-state index contributed by atoms with van der Waals surface area (Å²) in [5, 5.41) is 8.68. The average molecular weight is 452 g/mol. The topological polar surface area (TPSA) is 99.4 Å². The fraction of sp³-hybridized carbons (Fsp3) is 0.368. The highest BCUT2D eigenvalue weighted by molar-refractivity contribution is 6.18. The highest BCUT2D eigenvalue weighted by atomic mass is 35.5. The van der Waals surface area contributed by atoms with Crippen LogP contribution in [0, 0.1) is 0 Å². The summed E-state index contributed by atoms with van der Waals surface area (Å²) in [4.78, 5) is 28.5. The maximum absolute atomic E-state index is 11.4. The molecule has 3 aromatic rings. The molecule has 0 spiro atoms. The number of hydrogen-bond acceptors (Lipinski definition) is 7. The molecule has 160 valence electrons. The molecule has 0 bridgehead atoms. The first-order valence-electron chi connectivity index (χ1n) is 9.28. The van der Waals surface area contributed by atoms with Gasteiger partial charge in [0, 0.05) is 57.0 Å². The van der Waals surface area contributed by atoms with Crippen molar-refractivity contribution in [2.24, 2.45) is 7.05 Å². The number of alkyl halides is 2. The molecular formula is C19H23Cl2N7O2. The molecule has 0 aliphatic rings. The van der Waals surface area contributed by atoms with E-state index in [4.69, 9.17) is 33.4 Å². The maximum atomic E-state index is 11.4. The summed E-state index contributed by atoms with van der Waals surface area (Å²) < 4.78 is 2.02. The van der Waals surface area contributed by atoms with Gasteiger partial charge in [-0.1, -0.05) is 0 Å². The number of imidazole rings is 1. The number of nitrogens with zero attached hydrogens (tertiary/aromatic N) is 6. The molecule has 0 aliphatic heterocycles. The third-order valence-corrected chi connectivity index (χ3v) is 5.09. The number of carbonyl (C=O) groups excluding carboxylic acids is 1. The van der Waals surface area contributed by atoms with Crippen LogP contribution in [0.3, 0.4) is 0 Å². The second kappa shape index (κ2) is 9.92. The third-order valence-electron chi connectivity index (χ3n) is 4.75. The molecule has 2 N–H and O–H groups in total. The van der Waals surface area contributed by atoms with E-state index in [1.54, 1.807) is 5.48 Å². The summed E-state index contributed by atoms with van der Waals surface area (Å²) in [7, 11) is 3.80. The Morgan fingerprint density at radius 3 is 2.47 bits per heavy atom. The van der Waals surface area contributed by atoms with E-state index >= 15 is 0 Å². The molecule has 0 fully saturated rings. The number of rotatable bonds is 9. The van der Waals surface area contributed by atoms with E-state index in [9.17, 15) is 4.79 Å². The summed E-state index contributed by atoms with van der Waals surface area (Å²) in [5.74, 6) is 1.66. The fourth-order valence-corrected chi connectivity index (χ4v) is 3.54. The molecule has 30 heavy (non-hydrogen) atoms. The Kier molecular flexibility index (Phi) is 7.30. The first-order valence-corrected chi connectivity index (χ1v) is 10.3. The number of aryl methyl sites for hydroxylation is 1. The Labute approximate surface area is 184 Å². The van der Waals surface area contributed by atoms with Crippen LogP contribution in [0.1, 0.15) is 16.2 Å². The molecule has 11 heteroatoms. The molecule has 0 aliphatic carbocycles. The first kappa shape index (κ1) is 22.1. The number of carbonyl (C=O) groups is 1. The lowest BCUT2D eigenvalue weighted by atomic mass is 10.2. The number of aromatic nitrogens is 4. The van der Waals surface area contributed by atoms with Crippen LogP contribution in [-0.2, 0) is 13.6 Å². The van der Waals surface area contributed by atoms with Crippen molar-refractivity contribution in [3.8, 4) is 0 Å². The van der Waals surface area contributed by atoms with Crippen molar-refractivity contribution in [3.63, 3.8) is 0 Å². The summed E-state index contributed by atoms with van der Waals surface area (Å²) in [6.07, 6.45) is 2.71. The molecule has 0 radical (unpaired) electrons. The number of amides is 1. The average Bonchev–Trinajstić information content (AvgIpc) is 3.07. The number of hydrogen-bond donors (Lipinski definition) is 2. The standard InChI is InChI=1S/C19H23Cl2N7O2/c1-26(19-22-10-13(11-23-19)18(29)25-30)12-17-24-15-9-14(3-4-16(15)27(17)2)28(7-5-20)8-6-21/h3-4,9-11,30H,5-8,12H2,1-2H3,(H,25,29). The van der Waals surface area contributed by atoms with Crippen molar-refractivity contribution >= 4 is 51.8 Å². The molecule has 0 unspecified atom stereocenters. The Bertz CT molecular complexity index is 1000. The van der Waals surface area contributed by atoms with E-state index in [2.05, 4.69) is 14.9 Å². The second-order valence-electron chi connectivity index (χ2n) is 6.69. The third kappa shape index (κ3) is 4.75. The van der Waals surface area contributed by atoms with Crippen LogP contribution < -0.4 is 15.3 Å². The van der Waals surface area contributed by atoms with Crippen LogP contribution >= 0.6 is 23.2 Å². The van der Waals surface area contributed by atoms with Gasteiger partial charge >= 0.3 is 0 Å². The summed E-state index contributed by atoms with van der Waals surface area (Å²) >= 11 is 11.8. The molecular weight excluding hydrogens is 429 g/mol. The van der Waals surface area contributed by atoms with E-state index in [1.807, 2.05) is 41.8 Å². The summed E-state index contributed by atoms with van der Waals surface area (Å²) in [6.45, 7) is 1.90. The van der Waals surface area contributed by atoms with Crippen molar-refractivity contribution in [2.75, 3.05) is 41.7 Å². The highest BCUT2D eigenvalue weighted by Gasteiger charge is 2.15. The largest absolute Gasteiger partial charge is 0.369 e. The predicted molar refractivity (Wildman–Crippen MR) is 118 cm³/mol. The Morgan fingerprint density at radius 1 is 1.20 bits per heavy atom. The van der Waals surface area contributed by atoms with Gasteiger partial charge in [-0.2, -0.15) is 0 Å². The van der Waals surface area contributed by atoms with Gasteiger partial charge in [0.2, 0.25) is 5.95 Å². The second-order valence-corrected chi connectivity index (χ2v) is 7.45. The predicted octanol–water partition coefficient (Wildman–Crippen LogP) is 2.40. The smallest absolute Gasteiger partial charge is 0.277 e. The lowest BCUT2D eigenvalue weighted by Gasteiger charge is -2.22. The minimum atomic E-state index is -0.660. The molecule has 1 amide bonds. The van der Waals surface area contributed by atoms with Crippen LogP contribution in [0.2, 0.25) is 0 Å². The summed E-state index contributed by atoms with van der Waals surface area (Å²) in [6, 6.07) is 6.12. The SMILES string of the molecule is CN(Cc1nc2cc(N(CCCl)CCCl)ccc2n1C)c1ncc(C(=O)NO)cn1. The molecule has 9 nitrogen and oxygen atoms in total. The van der Waals surface area contributed by atoms with Crippen LogP contribution in [0.25, 0.3) is 11.0 Å². The van der Waals surface area contributed by atoms with Gasteiger partial charge in [0.05, 0.1) is 23.1 Å². The molecule has 2 heterocycles. The van der Waals surface area contributed by atoms with Gasteiger partial charge in [-0.25, -0.2) is 20.4 Å². The van der Waals surface area contributed by atoms with Crippen LogP contribution in [0.15, 0.2) is 30.6 Å². The summed E-state index contributed by atoms with van der Waals surface area (Å²) in [5.41, 5.74) is 4.64. The monoisotopic (exact) mass is 451 g/mol. The van der Waals surface area contributed by atoms with E-state index in [0.29, 0.717) is 37.3 Å². The zero-order valence-electron chi connectivity index (χ0n) is 16.7. The molecule has 2 aromatic heterocycles. The van der Waals surface area contributed by atoms with Crippen molar-refractivity contribution in [3.05, 3.63) is 42.0 Å². The van der Waals surface area contributed by atoms with Gasteiger partial charge in [0.1, 0.15) is 5.82 Å². The number of hydroxylamine groups is 1. The maximum Gasteiger partial charge on any atom is 0.277 e. The van der Waals surface area contributed by atoms with Crippen LogP contribution in [0.5, 0.6) is 0 Å². The number of anilines is 2. The van der Waals surface area contributed by atoms with Crippen LogP contribution in [0.4, 0.5) is 11.6 Å². The molecule has 0 atom stereocenters.